The minimum absolute atomic E-state index is 0.0541. The molecule has 52 heavy (non-hydrogen) atoms. The highest BCUT2D eigenvalue weighted by Gasteiger charge is 2.51. The number of nitriles is 1. The zero-order chi connectivity index (χ0) is 36.0. The number of hydrogen-bond acceptors (Lipinski definition) is 6. The summed E-state index contributed by atoms with van der Waals surface area (Å²) >= 11 is 13.1. The maximum Gasteiger partial charge on any atom is 0.333 e. The molecular formula is C38H34Cl2F3N7O2. The van der Waals surface area contributed by atoms with E-state index in [1.807, 2.05) is 17.9 Å². The van der Waals surface area contributed by atoms with Crippen LogP contribution in [0.25, 0.3) is 32.9 Å². The third-order valence-electron chi connectivity index (χ3n) is 11.3. The first kappa shape index (κ1) is 33.5. The van der Waals surface area contributed by atoms with E-state index in [9.17, 15) is 18.8 Å². The molecule has 2 bridgehead atoms. The highest BCUT2D eigenvalue weighted by Crippen LogP contribution is 2.51. The fourth-order valence-electron chi connectivity index (χ4n) is 8.75. The third-order valence-corrected chi connectivity index (χ3v) is 12.1. The number of likely N-dealkylation sites (tertiary alicyclic amines) is 1. The molecule has 5 fully saturated rings. The number of pyridine rings is 1. The number of carbonyl (C=O) groups excluding carboxylic acids is 1. The second kappa shape index (κ2) is 12.7. The zero-order valence-electron chi connectivity index (χ0n) is 28.1. The van der Waals surface area contributed by atoms with Crippen LogP contribution in [0.15, 0.2) is 42.7 Å². The van der Waals surface area contributed by atoms with Gasteiger partial charge in [-0.1, -0.05) is 35.3 Å². The van der Waals surface area contributed by atoms with Gasteiger partial charge in [-0.25, -0.2) is 14.1 Å². The highest BCUT2D eigenvalue weighted by molar-refractivity contribution is 6.43. The van der Waals surface area contributed by atoms with Crippen LogP contribution in [-0.2, 0) is 11.2 Å². The molecule has 2 aliphatic carbocycles. The summed E-state index contributed by atoms with van der Waals surface area (Å²) in [4.78, 5) is 20.7. The summed E-state index contributed by atoms with van der Waals surface area (Å²) in [7, 11) is 0. The monoisotopic (exact) mass is 747 g/mol. The van der Waals surface area contributed by atoms with Gasteiger partial charge < -0.3 is 19.5 Å². The van der Waals surface area contributed by atoms with Gasteiger partial charge in [-0.2, -0.15) is 19.1 Å². The summed E-state index contributed by atoms with van der Waals surface area (Å²) in [5.41, 5.74) is 3.91. The first-order chi connectivity index (χ1) is 25.1. The van der Waals surface area contributed by atoms with Crippen molar-refractivity contribution in [2.75, 3.05) is 13.1 Å². The first-order valence-corrected chi connectivity index (χ1v) is 18.4. The minimum Gasteiger partial charge on any atom is -0.485 e. The van der Waals surface area contributed by atoms with E-state index in [0.29, 0.717) is 50.8 Å². The van der Waals surface area contributed by atoms with Crippen LogP contribution in [0.1, 0.15) is 67.7 Å². The molecule has 9 nitrogen and oxygen atoms in total. The van der Waals surface area contributed by atoms with Gasteiger partial charge in [0.05, 0.1) is 52.7 Å². The second-order valence-electron chi connectivity index (χ2n) is 14.5. The van der Waals surface area contributed by atoms with Crippen molar-refractivity contribution in [1.82, 2.24) is 29.5 Å². The molecule has 2 aromatic carbocycles. The van der Waals surface area contributed by atoms with Crippen molar-refractivity contribution >= 4 is 50.9 Å². The summed E-state index contributed by atoms with van der Waals surface area (Å²) < 4.78 is 52.8. The number of amides is 1. The number of aryl methyl sites for hydroxylation is 2. The number of rotatable bonds is 9. The van der Waals surface area contributed by atoms with E-state index in [-0.39, 0.29) is 64.6 Å². The Bertz CT molecular complexity index is 2300. The lowest BCUT2D eigenvalue weighted by molar-refractivity contribution is -0.133. The summed E-state index contributed by atoms with van der Waals surface area (Å²) in [5, 5.41) is 18.9. The highest BCUT2D eigenvalue weighted by atomic mass is 35.5. The van der Waals surface area contributed by atoms with Crippen LogP contribution in [0.5, 0.6) is 5.75 Å². The van der Waals surface area contributed by atoms with Gasteiger partial charge in [0.25, 0.3) is 0 Å². The Morgan fingerprint density at radius 3 is 2.71 bits per heavy atom. The van der Waals surface area contributed by atoms with Crippen molar-refractivity contribution in [3.05, 3.63) is 75.5 Å². The lowest BCUT2D eigenvalue weighted by Crippen LogP contribution is -2.41. The Morgan fingerprint density at radius 2 is 2.02 bits per heavy atom. The number of halogens is 5. The van der Waals surface area contributed by atoms with Crippen molar-refractivity contribution in [3.63, 3.8) is 0 Å². The van der Waals surface area contributed by atoms with Crippen LogP contribution in [-0.4, -0.2) is 55.4 Å². The minimum atomic E-state index is -2.79. The molecule has 1 N–H and O–H groups in total. The Labute approximate surface area is 307 Å². The lowest BCUT2D eigenvalue weighted by atomic mass is 9.79. The molecule has 14 heteroatoms. The van der Waals surface area contributed by atoms with Crippen molar-refractivity contribution in [2.45, 2.75) is 76.2 Å². The predicted octanol–water partition coefficient (Wildman–Crippen LogP) is 8.32. The maximum atomic E-state index is 17.1. The topological polar surface area (TPSA) is 101 Å². The number of alkyl halides is 2. The first-order valence-electron chi connectivity index (χ1n) is 17.6. The van der Waals surface area contributed by atoms with E-state index in [1.54, 1.807) is 18.2 Å². The van der Waals surface area contributed by atoms with Crippen molar-refractivity contribution in [3.8, 4) is 22.9 Å². The van der Waals surface area contributed by atoms with Crippen LogP contribution in [0.2, 0.25) is 10.0 Å². The molecule has 5 unspecified atom stereocenters. The Balaban J connectivity index is 1.24. The molecule has 0 radical (unpaired) electrons. The van der Waals surface area contributed by atoms with Crippen molar-refractivity contribution < 1.29 is 22.7 Å². The number of hydrogen-bond donors (Lipinski definition) is 1. The van der Waals surface area contributed by atoms with Gasteiger partial charge in [-0.3, -0.25) is 4.79 Å². The van der Waals surface area contributed by atoms with Gasteiger partial charge in [0.15, 0.2) is 11.6 Å². The Hall–Kier alpha value is -4.31. The summed E-state index contributed by atoms with van der Waals surface area (Å²) in [6.45, 7) is 0.225. The molecular weight excluding hydrogens is 714 g/mol. The number of ether oxygens (including phenoxy) is 1. The SMILES string of the molecule is Cc1nc2c(F)c(-c3cccc(Cl)c3Cl)c(CCC#N)cc2c2c1cc(C1CC(Oc3cnn(C(F)F)c3)CN1C(=O)C1CC1)n2C1C2CNC1C2. The normalized spacial score (nSPS) is 23.9. The van der Waals surface area contributed by atoms with E-state index in [2.05, 4.69) is 27.1 Å². The maximum absolute atomic E-state index is 17.1. The molecule has 10 rings (SSSR count). The van der Waals surface area contributed by atoms with Crippen LogP contribution >= 0.6 is 23.2 Å². The zero-order valence-corrected chi connectivity index (χ0v) is 29.6. The van der Waals surface area contributed by atoms with E-state index < -0.39 is 18.5 Å². The van der Waals surface area contributed by atoms with Gasteiger partial charge in [-0.05, 0) is 62.3 Å². The van der Waals surface area contributed by atoms with Crippen molar-refractivity contribution in [2.24, 2.45) is 11.8 Å². The smallest absolute Gasteiger partial charge is 0.333 e. The molecule has 1 amide bonds. The van der Waals surface area contributed by atoms with Crippen molar-refractivity contribution in [1.29, 1.82) is 5.26 Å². The quantitative estimate of drug-likeness (QED) is 0.163. The molecule has 0 spiro atoms. The lowest BCUT2D eigenvalue weighted by Gasteiger charge is -2.39. The van der Waals surface area contributed by atoms with Crippen LogP contribution in [0, 0.1) is 35.9 Å². The molecule has 3 aromatic heterocycles. The number of benzene rings is 2. The predicted molar refractivity (Wildman–Crippen MR) is 190 cm³/mol. The Morgan fingerprint density at radius 1 is 1.19 bits per heavy atom. The molecule has 5 aliphatic rings. The average Bonchev–Trinajstić information content (AvgIpc) is 3.59. The number of aromatic nitrogens is 4. The van der Waals surface area contributed by atoms with E-state index in [0.717, 1.165) is 42.4 Å². The number of carbonyl (C=O) groups is 1. The standard InChI is InChI=1S/C38H34Cl2F3N7O2/c1-18-25-13-30(29-12-22(16-48(29)37(51)19-7-8-19)52-23-15-46-49(17-23)38(42)43)50(35-21-11-28(35)45-14-21)36(25)26-10-20(4-3-9-44)31(33(41)34(26)47-18)24-5-2-6-27(39)32(24)40/h2,5-6,10,13,15,17,19,21-22,28-29,35,38,45H,3-4,7-8,11-12,14,16H2,1H3. The fourth-order valence-corrected chi connectivity index (χ4v) is 9.15. The van der Waals surface area contributed by atoms with Crippen LogP contribution in [0.3, 0.4) is 0 Å². The summed E-state index contributed by atoms with van der Waals surface area (Å²) in [6.07, 6.45) is 5.54. The molecule has 268 valence electrons. The van der Waals surface area contributed by atoms with Crippen LogP contribution in [0.4, 0.5) is 13.2 Å². The molecule has 3 aliphatic heterocycles. The molecule has 5 atom stereocenters. The largest absolute Gasteiger partial charge is 0.485 e. The molecule has 3 saturated heterocycles. The summed E-state index contributed by atoms with van der Waals surface area (Å²) in [6, 6.07) is 11.2. The average molecular weight is 749 g/mol. The Kier molecular flexibility index (Phi) is 8.17. The van der Waals surface area contributed by atoms with Gasteiger partial charge in [0.1, 0.15) is 11.6 Å². The second-order valence-corrected chi connectivity index (χ2v) is 15.3. The summed E-state index contributed by atoms with van der Waals surface area (Å²) in [5.74, 6) is 0.0244. The van der Waals surface area contributed by atoms with E-state index in [1.165, 1.54) is 12.4 Å². The third kappa shape index (κ3) is 5.34. The fraction of sp³-hybridized carbons (Fsp3) is 0.421. The van der Waals surface area contributed by atoms with Gasteiger partial charge in [0.2, 0.25) is 5.91 Å². The van der Waals surface area contributed by atoms with Gasteiger partial charge in [0, 0.05) is 64.6 Å². The molecule has 6 heterocycles. The molecule has 5 aromatic rings. The van der Waals surface area contributed by atoms with E-state index in [4.69, 9.17) is 32.9 Å². The number of fused-ring (bicyclic) bond motifs is 4. The van der Waals surface area contributed by atoms with Crippen LogP contribution < -0.4 is 10.1 Å². The van der Waals surface area contributed by atoms with Gasteiger partial charge >= 0.3 is 6.55 Å². The molecule has 2 saturated carbocycles. The van der Waals surface area contributed by atoms with E-state index >= 15 is 4.39 Å². The van der Waals surface area contributed by atoms with Gasteiger partial charge in [-0.15, -0.1) is 0 Å². The number of nitrogens with zero attached hydrogens (tertiary/aromatic N) is 6. The number of nitrogens with one attached hydrogen (secondary N) is 1.